The Morgan fingerprint density at radius 1 is 1.35 bits per heavy atom. The van der Waals surface area contributed by atoms with Gasteiger partial charge in [-0.2, -0.15) is 13.2 Å². The van der Waals surface area contributed by atoms with Gasteiger partial charge < -0.3 is 10.2 Å². The number of halogens is 3. The third kappa shape index (κ3) is 2.62. The molecule has 1 saturated carbocycles. The van der Waals surface area contributed by atoms with Crippen molar-refractivity contribution < 1.29 is 22.8 Å². The molecule has 0 aromatic rings. The van der Waals surface area contributed by atoms with E-state index in [1.165, 1.54) is 0 Å². The first-order valence-corrected chi connectivity index (χ1v) is 6.89. The largest absolute Gasteiger partial charge is 0.390 e. The van der Waals surface area contributed by atoms with Crippen molar-refractivity contribution in [2.45, 2.75) is 57.3 Å². The first-order chi connectivity index (χ1) is 9.20. The molecule has 0 aromatic carbocycles. The fourth-order valence-electron chi connectivity index (χ4n) is 2.81. The van der Waals surface area contributed by atoms with E-state index in [2.05, 4.69) is 5.32 Å². The van der Waals surface area contributed by atoms with Crippen LogP contribution in [0.4, 0.5) is 13.2 Å². The molecule has 1 N–H and O–H groups in total. The number of rotatable bonds is 4. The van der Waals surface area contributed by atoms with Crippen LogP contribution in [0.3, 0.4) is 0 Å². The number of hydrogen-bond acceptors (Lipinski definition) is 2. The van der Waals surface area contributed by atoms with E-state index in [1.54, 1.807) is 13.8 Å². The van der Waals surface area contributed by atoms with Gasteiger partial charge in [0.1, 0.15) is 11.6 Å². The van der Waals surface area contributed by atoms with Crippen molar-refractivity contribution in [1.82, 2.24) is 10.2 Å². The fraction of sp³-hybridized carbons (Fsp3) is 0.846. The van der Waals surface area contributed by atoms with Crippen LogP contribution < -0.4 is 5.32 Å². The van der Waals surface area contributed by atoms with E-state index < -0.39 is 36.6 Å². The van der Waals surface area contributed by atoms with Crippen LogP contribution >= 0.6 is 0 Å². The van der Waals surface area contributed by atoms with Gasteiger partial charge >= 0.3 is 6.18 Å². The molecule has 114 valence electrons. The molecule has 1 heterocycles. The van der Waals surface area contributed by atoms with Gasteiger partial charge in [-0.3, -0.25) is 9.59 Å². The number of nitrogens with zero attached hydrogens (tertiary/aromatic N) is 1. The van der Waals surface area contributed by atoms with Crippen LogP contribution in [0.1, 0.15) is 39.5 Å². The molecule has 0 spiro atoms. The van der Waals surface area contributed by atoms with Crippen LogP contribution in [0.5, 0.6) is 0 Å². The molecule has 0 radical (unpaired) electrons. The molecule has 7 heteroatoms. The molecule has 4 nitrogen and oxygen atoms in total. The fourth-order valence-corrected chi connectivity index (χ4v) is 2.81. The summed E-state index contributed by atoms with van der Waals surface area (Å²) in [6.07, 6.45) is -3.48. The van der Waals surface area contributed by atoms with E-state index in [1.807, 2.05) is 0 Å². The van der Waals surface area contributed by atoms with Crippen molar-refractivity contribution in [3.63, 3.8) is 0 Å². The lowest BCUT2D eigenvalue weighted by molar-refractivity contribution is -0.166. The van der Waals surface area contributed by atoms with Gasteiger partial charge in [0.05, 0.1) is 6.42 Å². The molecule has 2 rings (SSSR count). The van der Waals surface area contributed by atoms with Crippen molar-refractivity contribution in [2.24, 2.45) is 5.92 Å². The Kier molecular flexibility index (Phi) is 3.73. The molecular weight excluding hydrogens is 273 g/mol. The average Bonchev–Trinajstić information content (AvgIpc) is 3.16. The minimum absolute atomic E-state index is 0.0301. The number of carbonyl (C=O) groups is 2. The van der Waals surface area contributed by atoms with E-state index in [0.29, 0.717) is 6.42 Å². The van der Waals surface area contributed by atoms with Gasteiger partial charge in [-0.15, -0.1) is 0 Å². The highest BCUT2D eigenvalue weighted by molar-refractivity contribution is 6.00. The smallest absolute Gasteiger partial charge is 0.342 e. The molecule has 2 atom stereocenters. The Labute approximate surface area is 115 Å². The van der Waals surface area contributed by atoms with E-state index >= 15 is 0 Å². The van der Waals surface area contributed by atoms with E-state index in [9.17, 15) is 22.8 Å². The summed E-state index contributed by atoms with van der Waals surface area (Å²) in [5.41, 5.74) is -1.13. The first-order valence-electron chi connectivity index (χ1n) is 6.89. The quantitative estimate of drug-likeness (QED) is 0.859. The highest BCUT2D eigenvalue weighted by Crippen LogP contribution is 2.45. The summed E-state index contributed by atoms with van der Waals surface area (Å²) in [6, 6.07) is -0.706. The van der Waals surface area contributed by atoms with Gasteiger partial charge in [-0.25, -0.2) is 0 Å². The van der Waals surface area contributed by atoms with Crippen molar-refractivity contribution in [2.75, 3.05) is 6.54 Å². The van der Waals surface area contributed by atoms with Gasteiger partial charge in [0.15, 0.2) is 0 Å². The van der Waals surface area contributed by atoms with Crippen molar-refractivity contribution in [1.29, 1.82) is 0 Å². The number of hydrogen-bond donors (Lipinski definition) is 1. The van der Waals surface area contributed by atoms with Crippen LogP contribution in [-0.4, -0.2) is 41.0 Å². The number of nitrogens with one attached hydrogen (secondary N) is 1. The Hall–Kier alpha value is -1.27. The number of carbonyl (C=O) groups excluding carboxylic acids is 2. The van der Waals surface area contributed by atoms with Gasteiger partial charge in [-0.1, -0.05) is 6.92 Å². The maximum atomic E-state index is 12.4. The summed E-state index contributed by atoms with van der Waals surface area (Å²) in [6.45, 7) is 2.87. The summed E-state index contributed by atoms with van der Waals surface area (Å²) >= 11 is 0. The lowest BCUT2D eigenvalue weighted by Gasteiger charge is -2.46. The third-order valence-corrected chi connectivity index (χ3v) is 4.29. The summed E-state index contributed by atoms with van der Waals surface area (Å²) in [4.78, 5) is 25.7. The maximum Gasteiger partial charge on any atom is 0.390 e. The second-order valence-electron chi connectivity index (χ2n) is 5.71. The molecule has 2 amide bonds. The van der Waals surface area contributed by atoms with Crippen LogP contribution in [0.15, 0.2) is 0 Å². The Morgan fingerprint density at radius 2 is 1.95 bits per heavy atom. The highest BCUT2D eigenvalue weighted by atomic mass is 19.4. The lowest BCUT2D eigenvalue weighted by atomic mass is 9.87. The SMILES string of the molecule is CCC1NC(=O)C(C)(C2CC2)N(CCC(F)(F)F)C1=O. The van der Waals surface area contributed by atoms with E-state index in [0.717, 1.165) is 17.7 Å². The summed E-state index contributed by atoms with van der Waals surface area (Å²) in [5, 5.41) is 2.64. The molecule has 0 bridgehead atoms. The number of piperazine rings is 1. The Bertz CT molecular complexity index is 420. The zero-order chi connectivity index (χ0) is 15.1. The lowest BCUT2D eigenvalue weighted by Crippen LogP contribution is -2.70. The molecule has 1 aliphatic carbocycles. The van der Waals surface area contributed by atoms with Gasteiger partial charge in [0.2, 0.25) is 11.8 Å². The molecule has 2 fully saturated rings. The van der Waals surface area contributed by atoms with Crippen LogP contribution in [0, 0.1) is 5.92 Å². The van der Waals surface area contributed by atoms with E-state index in [4.69, 9.17) is 0 Å². The summed E-state index contributed by atoms with van der Waals surface area (Å²) in [5.74, 6) is -0.753. The maximum absolute atomic E-state index is 12.4. The second-order valence-corrected chi connectivity index (χ2v) is 5.71. The Balaban J connectivity index is 2.23. The van der Waals surface area contributed by atoms with Crippen LogP contribution in [0.25, 0.3) is 0 Å². The number of amides is 2. The highest BCUT2D eigenvalue weighted by Gasteiger charge is 2.57. The van der Waals surface area contributed by atoms with Gasteiger partial charge in [0.25, 0.3) is 0 Å². The monoisotopic (exact) mass is 292 g/mol. The first kappa shape index (κ1) is 15.1. The predicted octanol–water partition coefficient (Wildman–Crippen LogP) is 1.84. The molecule has 2 aliphatic rings. The zero-order valence-electron chi connectivity index (χ0n) is 11.6. The van der Waals surface area contributed by atoms with Crippen LogP contribution in [-0.2, 0) is 9.59 Å². The van der Waals surface area contributed by atoms with E-state index in [-0.39, 0.29) is 11.8 Å². The van der Waals surface area contributed by atoms with Crippen molar-refractivity contribution in [3.05, 3.63) is 0 Å². The summed E-state index contributed by atoms with van der Waals surface area (Å²) in [7, 11) is 0. The molecular formula is C13H19F3N2O2. The second kappa shape index (κ2) is 4.93. The topological polar surface area (TPSA) is 49.4 Å². The third-order valence-electron chi connectivity index (χ3n) is 4.29. The molecule has 2 unspecified atom stereocenters. The molecule has 0 aromatic heterocycles. The molecule has 1 saturated heterocycles. The van der Waals surface area contributed by atoms with Crippen molar-refractivity contribution in [3.8, 4) is 0 Å². The van der Waals surface area contributed by atoms with Gasteiger partial charge in [-0.05, 0) is 32.1 Å². The standard InChI is InChI=1S/C13H19F3N2O2/c1-3-9-10(19)18(7-6-13(14,15)16)12(2,8-4-5-8)11(20)17-9/h8-9H,3-7H2,1-2H3,(H,17,20). The minimum Gasteiger partial charge on any atom is -0.342 e. The Morgan fingerprint density at radius 3 is 2.40 bits per heavy atom. The number of alkyl halides is 3. The van der Waals surface area contributed by atoms with Crippen molar-refractivity contribution >= 4 is 11.8 Å². The molecule has 1 aliphatic heterocycles. The zero-order valence-corrected chi connectivity index (χ0v) is 11.6. The normalized spacial score (nSPS) is 31.4. The van der Waals surface area contributed by atoms with Crippen LogP contribution in [0.2, 0.25) is 0 Å². The van der Waals surface area contributed by atoms with Gasteiger partial charge in [0, 0.05) is 6.54 Å². The predicted molar refractivity (Wildman–Crippen MR) is 65.7 cm³/mol. The average molecular weight is 292 g/mol. The summed E-state index contributed by atoms with van der Waals surface area (Å²) < 4.78 is 37.3. The molecule has 20 heavy (non-hydrogen) atoms. The minimum atomic E-state index is -4.33.